The molecule has 1 amide bonds. The second-order valence-corrected chi connectivity index (χ2v) is 7.12. The monoisotopic (exact) mass is 327 g/mol. The molecule has 0 bridgehead atoms. The summed E-state index contributed by atoms with van der Waals surface area (Å²) in [7, 11) is 0. The molecule has 2 heterocycles. The van der Waals surface area contributed by atoms with E-state index >= 15 is 0 Å². The summed E-state index contributed by atoms with van der Waals surface area (Å²) in [6.07, 6.45) is 0.932. The van der Waals surface area contributed by atoms with E-state index in [9.17, 15) is 9.59 Å². The van der Waals surface area contributed by atoms with Crippen molar-refractivity contribution < 1.29 is 24.2 Å². The van der Waals surface area contributed by atoms with Gasteiger partial charge in [-0.15, -0.1) is 11.3 Å². The number of hydrogen-bond acceptors (Lipinski definition) is 5. The first-order valence-corrected chi connectivity index (χ1v) is 8.09. The Morgan fingerprint density at radius 1 is 1.32 bits per heavy atom. The predicted molar refractivity (Wildman–Crippen MR) is 82.7 cm³/mol. The minimum absolute atomic E-state index is 0.0774. The molecule has 0 spiro atoms. The van der Waals surface area contributed by atoms with Gasteiger partial charge >= 0.3 is 12.1 Å². The summed E-state index contributed by atoms with van der Waals surface area (Å²) >= 11 is 1.15. The van der Waals surface area contributed by atoms with Crippen LogP contribution in [0.25, 0.3) is 0 Å². The van der Waals surface area contributed by atoms with Gasteiger partial charge in [0.2, 0.25) is 0 Å². The summed E-state index contributed by atoms with van der Waals surface area (Å²) in [5, 5.41) is 10.8. The molecule has 1 aliphatic rings. The van der Waals surface area contributed by atoms with Crippen molar-refractivity contribution in [1.82, 2.24) is 4.90 Å². The zero-order chi connectivity index (χ0) is 16.3. The molecular formula is C15H21NO5S. The van der Waals surface area contributed by atoms with Gasteiger partial charge in [0.25, 0.3) is 0 Å². The molecule has 1 N–H and O–H groups in total. The van der Waals surface area contributed by atoms with Crippen LogP contribution in [-0.4, -0.2) is 46.9 Å². The highest BCUT2D eigenvalue weighted by Crippen LogP contribution is 2.28. The van der Waals surface area contributed by atoms with Gasteiger partial charge in [0, 0.05) is 25.9 Å². The minimum atomic E-state index is -0.976. The smallest absolute Gasteiger partial charge is 0.410 e. The van der Waals surface area contributed by atoms with Crippen molar-refractivity contribution >= 4 is 23.4 Å². The molecule has 7 heteroatoms. The third kappa shape index (κ3) is 4.37. The number of thiophene rings is 1. The van der Waals surface area contributed by atoms with Gasteiger partial charge in [-0.3, -0.25) is 0 Å². The van der Waals surface area contributed by atoms with Gasteiger partial charge in [-0.2, -0.15) is 0 Å². The molecule has 0 unspecified atom stereocenters. The van der Waals surface area contributed by atoms with Gasteiger partial charge in [0.15, 0.2) is 4.88 Å². The number of amides is 1. The number of carboxylic acids is 1. The number of rotatable bonds is 3. The van der Waals surface area contributed by atoms with Crippen molar-refractivity contribution in [3.8, 4) is 5.75 Å². The van der Waals surface area contributed by atoms with Gasteiger partial charge < -0.3 is 19.5 Å². The number of aromatic carboxylic acids is 1. The van der Waals surface area contributed by atoms with Crippen LogP contribution in [0.2, 0.25) is 0 Å². The number of nitrogens with zero attached hydrogens (tertiary/aromatic N) is 1. The molecular weight excluding hydrogens is 306 g/mol. The molecule has 0 atom stereocenters. The van der Waals surface area contributed by atoms with Crippen LogP contribution in [0.5, 0.6) is 5.75 Å². The summed E-state index contributed by atoms with van der Waals surface area (Å²) in [6.45, 7) is 6.61. The standard InChI is InChI=1S/C15H21NO5S/c1-15(2,3)21-14(19)16-7-4-10(5-8-16)20-11-6-9-22-12(11)13(17)18/h6,9-10H,4-5,7-8H2,1-3H3,(H,17,18). The fourth-order valence-corrected chi connectivity index (χ4v) is 2.87. The number of hydrogen-bond donors (Lipinski definition) is 1. The van der Waals surface area contributed by atoms with Crippen molar-refractivity contribution in [3.63, 3.8) is 0 Å². The van der Waals surface area contributed by atoms with Crippen LogP contribution in [0.15, 0.2) is 11.4 Å². The molecule has 0 saturated carbocycles. The molecule has 1 saturated heterocycles. The van der Waals surface area contributed by atoms with Gasteiger partial charge in [-0.25, -0.2) is 9.59 Å². The largest absolute Gasteiger partial charge is 0.488 e. The SMILES string of the molecule is CC(C)(C)OC(=O)N1CCC(Oc2ccsc2C(=O)O)CC1. The highest BCUT2D eigenvalue weighted by atomic mass is 32.1. The molecule has 1 aromatic heterocycles. The zero-order valence-electron chi connectivity index (χ0n) is 13.0. The normalized spacial score (nSPS) is 16.4. The highest BCUT2D eigenvalue weighted by molar-refractivity contribution is 7.12. The van der Waals surface area contributed by atoms with Gasteiger partial charge in [-0.1, -0.05) is 0 Å². The molecule has 22 heavy (non-hydrogen) atoms. The summed E-state index contributed by atoms with van der Waals surface area (Å²) in [6, 6.07) is 1.67. The number of piperidine rings is 1. The number of carbonyl (C=O) groups is 2. The first-order valence-electron chi connectivity index (χ1n) is 7.21. The highest BCUT2D eigenvalue weighted by Gasteiger charge is 2.28. The van der Waals surface area contributed by atoms with Crippen LogP contribution in [0.3, 0.4) is 0 Å². The van der Waals surface area contributed by atoms with Crippen LogP contribution >= 0.6 is 11.3 Å². The second-order valence-electron chi connectivity index (χ2n) is 6.20. The average Bonchev–Trinajstić information content (AvgIpc) is 2.86. The molecule has 1 aromatic rings. The zero-order valence-corrected chi connectivity index (χ0v) is 13.8. The summed E-state index contributed by atoms with van der Waals surface area (Å²) < 4.78 is 11.1. The van der Waals surface area contributed by atoms with Crippen LogP contribution in [0, 0.1) is 0 Å². The van der Waals surface area contributed by atoms with Gasteiger partial charge in [0.05, 0.1) is 0 Å². The van der Waals surface area contributed by atoms with E-state index in [2.05, 4.69) is 0 Å². The quantitative estimate of drug-likeness (QED) is 0.922. The Kier molecular flexibility index (Phi) is 4.95. The van der Waals surface area contributed by atoms with Crippen molar-refractivity contribution in [1.29, 1.82) is 0 Å². The van der Waals surface area contributed by atoms with Crippen molar-refractivity contribution in [2.75, 3.05) is 13.1 Å². The Hall–Kier alpha value is -1.76. The number of carboxylic acid groups (broad SMARTS) is 1. The minimum Gasteiger partial charge on any atom is -0.488 e. The lowest BCUT2D eigenvalue weighted by Gasteiger charge is -2.33. The average molecular weight is 327 g/mol. The van der Waals surface area contributed by atoms with E-state index in [1.54, 1.807) is 16.3 Å². The van der Waals surface area contributed by atoms with E-state index in [1.165, 1.54) is 0 Å². The lowest BCUT2D eigenvalue weighted by molar-refractivity contribution is 0.0126. The molecule has 0 aromatic carbocycles. The first-order chi connectivity index (χ1) is 10.3. The summed E-state index contributed by atoms with van der Waals surface area (Å²) in [4.78, 5) is 24.9. The van der Waals surface area contributed by atoms with Crippen LogP contribution in [0.4, 0.5) is 4.79 Å². The Balaban J connectivity index is 1.86. The Morgan fingerprint density at radius 3 is 2.50 bits per heavy atom. The molecule has 1 fully saturated rings. The molecule has 2 rings (SSSR count). The maximum absolute atomic E-state index is 12.0. The lowest BCUT2D eigenvalue weighted by atomic mass is 10.1. The fourth-order valence-electron chi connectivity index (χ4n) is 2.21. The topological polar surface area (TPSA) is 76.1 Å². The number of likely N-dealkylation sites (tertiary alicyclic amines) is 1. The van der Waals surface area contributed by atoms with E-state index in [4.69, 9.17) is 14.6 Å². The van der Waals surface area contributed by atoms with Crippen molar-refractivity contribution in [2.24, 2.45) is 0 Å². The molecule has 0 aliphatic carbocycles. The summed E-state index contributed by atoms with van der Waals surface area (Å²) in [5.41, 5.74) is -0.502. The van der Waals surface area contributed by atoms with E-state index < -0.39 is 11.6 Å². The van der Waals surface area contributed by atoms with Gasteiger partial charge in [-0.05, 0) is 32.2 Å². The Labute approximate surface area is 133 Å². The van der Waals surface area contributed by atoms with Crippen LogP contribution in [0.1, 0.15) is 43.3 Å². The maximum atomic E-state index is 12.0. The summed E-state index contributed by atoms with van der Waals surface area (Å²) in [5.74, 6) is -0.565. The third-order valence-electron chi connectivity index (χ3n) is 3.21. The number of ether oxygens (including phenoxy) is 2. The first kappa shape index (κ1) is 16.6. The third-order valence-corrected chi connectivity index (χ3v) is 4.09. The van der Waals surface area contributed by atoms with E-state index in [1.807, 2.05) is 20.8 Å². The van der Waals surface area contributed by atoms with Crippen LogP contribution < -0.4 is 4.74 Å². The Bertz CT molecular complexity index is 540. The lowest BCUT2D eigenvalue weighted by Crippen LogP contribution is -2.44. The maximum Gasteiger partial charge on any atom is 0.410 e. The van der Waals surface area contributed by atoms with Crippen molar-refractivity contribution in [2.45, 2.75) is 45.3 Å². The van der Waals surface area contributed by atoms with Crippen LogP contribution in [-0.2, 0) is 4.74 Å². The molecule has 0 radical (unpaired) electrons. The van der Waals surface area contributed by atoms with E-state index in [-0.39, 0.29) is 17.1 Å². The number of carbonyl (C=O) groups excluding carboxylic acids is 1. The molecule has 1 aliphatic heterocycles. The second kappa shape index (κ2) is 6.56. The predicted octanol–water partition coefficient (Wildman–Crippen LogP) is 3.22. The van der Waals surface area contributed by atoms with Crippen molar-refractivity contribution in [3.05, 3.63) is 16.3 Å². The molecule has 122 valence electrons. The fraction of sp³-hybridized carbons (Fsp3) is 0.600. The van der Waals surface area contributed by atoms with E-state index in [0.29, 0.717) is 31.7 Å². The Morgan fingerprint density at radius 2 is 1.95 bits per heavy atom. The molecule has 6 nitrogen and oxygen atoms in total. The van der Waals surface area contributed by atoms with E-state index in [0.717, 1.165) is 11.3 Å². The van der Waals surface area contributed by atoms with Gasteiger partial charge in [0.1, 0.15) is 17.5 Å².